The van der Waals surface area contributed by atoms with Crippen LogP contribution in [0.2, 0.25) is 0 Å². The monoisotopic (exact) mass is 367 g/mol. The Morgan fingerprint density at radius 1 is 1.23 bits per heavy atom. The Bertz CT molecular complexity index is 1130. The number of carbonyl (C=O) groups excluding carboxylic acids is 1. The lowest BCUT2D eigenvalue weighted by Crippen LogP contribution is -2.52. The Morgan fingerprint density at radius 3 is 3.00 bits per heavy atom. The predicted molar refractivity (Wildman–Crippen MR) is 95.8 cm³/mol. The molecule has 1 N–H and O–H groups in total. The second-order valence-corrected chi connectivity index (χ2v) is 6.64. The maximum atomic E-state index is 12.6. The lowest BCUT2D eigenvalue weighted by Gasteiger charge is -2.38. The number of rotatable bonds is 3. The van der Waals surface area contributed by atoms with E-state index >= 15 is 0 Å². The average Bonchev–Trinajstić information content (AvgIpc) is 3.22. The first-order chi connectivity index (χ1) is 12.7. The van der Waals surface area contributed by atoms with Gasteiger partial charge in [0.05, 0.1) is 23.3 Å². The SMILES string of the molecule is Cn1nnc2c(N3CC(C(=O)Nc4cccc5nsnc45)C3)ncnc21. The van der Waals surface area contributed by atoms with Gasteiger partial charge >= 0.3 is 0 Å². The van der Waals surface area contributed by atoms with Gasteiger partial charge in [-0.1, -0.05) is 11.3 Å². The van der Waals surface area contributed by atoms with Gasteiger partial charge < -0.3 is 10.2 Å². The van der Waals surface area contributed by atoms with Crippen molar-refractivity contribution in [2.45, 2.75) is 0 Å². The van der Waals surface area contributed by atoms with E-state index < -0.39 is 0 Å². The molecular formula is C15H13N9OS. The van der Waals surface area contributed by atoms with Crippen LogP contribution < -0.4 is 10.2 Å². The number of carbonyl (C=O) groups is 1. The molecule has 4 aromatic rings. The van der Waals surface area contributed by atoms with E-state index in [0.717, 1.165) is 22.8 Å². The summed E-state index contributed by atoms with van der Waals surface area (Å²) in [6, 6.07) is 5.57. The molecule has 1 aromatic carbocycles. The lowest BCUT2D eigenvalue weighted by atomic mass is 9.99. The fraction of sp³-hybridized carbons (Fsp3) is 0.267. The Hall–Kier alpha value is -3.21. The highest BCUT2D eigenvalue weighted by Crippen LogP contribution is 2.29. The van der Waals surface area contributed by atoms with Crippen molar-refractivity contribution in [1.29, 1.82) is 0 Å². The van der Waals surface area contributed by atoms with Crippen LogP contribution in [0.5, 0.6) is 0 Å². The van der Waals surface area contributed by atoms with Crippen molar-refractivity contribution < 1.29 is 4.79 Å². The van der Waals surface area contributed by atoms with Crippen LogP contribution >= 0.6 is 11.7 Å². The molecular weight excluding hydrogens is 354 g/mol. The summed E-state index contributed by atoms with van der Waals surface area (Å²) in [7, 11) is 1.78. The van der Waals surface area contributed by atoms with Gasteiger partial charge in [0.1, 0.15) is 17.4 Å². The van der Waals surface area contributed by atoms with Gasteiger partial charge in [-0.15, -0.1) is 5.10 Å². The third-order valence-corrected chi connectivity index (χ3v) is 5.01. The number of hydrogen-bond acceptors (Lipinski definition) is 9. The van der Waals surface area contributed by atoms with E-state index in [-0.39, 0.29) is 11.8 Å². The number of aromatic nitrogens is 7. The molecule has 1 fully saturated rings. The van der Waals surface area contributed by atoms with E-state index in [1.54, 1.807) is 11.7 Å². The first-order valence-electron chi connectivity index (χ1n) is 7.98. The molecule has 0 radical (unpaired) electrons. The minimum atomic E-state index is -0.126. The van der Waals surface area contributed by atoms with Gasteiger partial charge in [-0.05, 0) is 12.1 Å². The minimum absolute atomic E-state index is 0.0359. The number of nitrogens with zero attached hydrogens (tertiary/aromatic N) is 8. The largest absolute Gasteiger partial charge is 0.353 e. The number of hydrogen-bond donors (Lipinski definition) is 1. The van der Waals surface area contributed by atoms with Gasteiger partial charge in [0.2, 0.25) is 5.91 Å². The Morgan fingerprint density at radius 2 is 2.12 bits per heavy atom. The topological polar surface area (TPSA) is 115 Å². The molecule has 0 spiro atoms. The van der Waals surface area contributed by atoms with Gasteiger partial charge in [-0.25, -0.2) is 14.6 Å². The van der Waals surface area contributed by atoms with Crippen molar-refractivity contribution in [2.24, 2.45) is 13.0 Å². The van der Waals surface area contributed by atoms with E-state index in [9.17, 15) is 4.79 Å². The highest BCUT2D eigenvalue weighted by molar-refractivity contribution is 7.00. The molecule has 5 rings (SSSR count). The molecule has 0 aliphatic carbocycles. The Labute approximate surface area is 151 Å². The zero-order valence-electron chi connectivity index (χ0n) is 13.7. The molecule has 26 heavy (non-hydrogen) atoms. The molecule has 0 unspecified atom stereocenters. The van der Waals surface area contributed by atoms with E-state index in [1.807, 2.05) is 23.1 Å². The summed E-state index contributed by atoms with van der Waals surface area (Å²) in [5, 5.41) is 11.1. The summed E-state index contributed by atoms with van der Waals surface area (Å²) in [6.07, 6.45) is 1.49. The van der Waals surface area contributed by atoms with Crippen LogP contribution in [-0.4, -0.2) is 52.7 Å². The lowest BCUT2D eigenvalue weighted by molar-refractivity contribution is -0.120. The van der Waals surface area contributed by atoms with Crippen LogP contribution in [0.4, 0.5) is 11.5 Å². The van der Waals surface area contributed by atoms with Crippen LogP contribution in [0.1, 0.15) is 0 Å². The standard InChI is InChI=1S/C15H13N9OS/c1-23-13-12(19-22-23)14(17-7-16-13)24-5-8(6-24)15(25)18-9-3-2-4-10-11(9)21-26-20-10/h2-4,7-8H,5-6H2,1H3,(H,18,25). The molecule has 1 aliphatic rings. The highest BCUT2D eigenvalue weighted by Gasteiger charge is 2.35. The Balaban J connectivity index is 1.32. The summed E-state index contributed by atoms with van der Waals surface area (Å²) >= 11 is 1.13. The number of fused-ring (bicyclic) bond motifs is 2. The van der Waals surface area contributed by atoms with E-state index in [4.69, 9.17) is 0 Å². The fourth-order valence-electron chi connectivity index (χ4n) is 3.03. The zero-order valence-corrected chi connectivity index (χ0v) is 14.5. The molecule has 4 heterocycles. The summed E-state index contributed by atoms with van der Waals surface area (Å²) in [6.45, 7) is 1.14. The molecule has 11 heteroatoms. The number of aryl methyl sites for hydroxylation is 1. The number of anilines is 2. The number of benzene rings is 1. The van der Waals surface area contributed by atoms with Crippen LogP contribution in [0, 0.1) is 5.92 Å². The predicted octanol–water partition coefficient (Wildman–Crippen LogP) is 0.838. The molecule has 0 saturated carbocycles. The number of nitrogens with one attached hydrogen (secondary N) is 1. The van der Waals surface area contributed by atoms with Gasteiger partial charge in [-0.2, -0.15) is 8.75 Å². The molecule has 1 saturated heterocycles. The van der Waals surface area contributed by atoms with Gasteiger partial charge in [0, 0.05) is 20.1 Å². The van der Waals surface area contributed by atoms with Crippen molar-refractivity contribution in [3.8, 4) is 0 Å². The molecule has 0 atom stereocenters. The first-order valence-corrected chi connectivity index (χ1v) is 8.71. The molecule has 1 amide bonds. The second-order valence-electron chi connectivity index (χ2n) is 6.11. The highest BCUT2D eigenvalue weighted by atomic mass is 32.1. The second kappa shape index (κ2) is 5.66. The van der Waals surface area contributed by atoms with Crippen molar-refractivity contribution in [2.75, 3.05) is 23.3 Å². The van der Waals surface area contributed by atoms with E-state index in [0.29, 0.717) is 35.8 Å². The Kier molecular flexibility index (Phi) is 3.28. The van der Waals surface area contributed by atoms with Gasteiger partial charge in [0.15, 0.2) is 17.0 Å². The minimum Gasteiger partial charge on any atom is -0.353 e. The van der Waals surface area contributed by atoms with E-state index in [1.165, 1.54) is 6.33 Å². The molecule has 10 nitrogen and oxygen atoms in total. The maximum absolute atomic E-state index is 12.6. The van der Waals surface area contributed by atoms with Crippen LogP contribution in [0.3, 0.4) is 0 Å². The molecule has 130 valence electrons. The van der Waals surface area contributed by atoms with E-state index in [2.05, 4.69) is 34.3 Å². The third-order valence-electron chi connectivity index (χ3n) is 4.46. The van der Waals surface area contributed by atoms with Crippen LogP contribution in [0.15, 0.2) is 24.5 Å². The van der Waals surface area contributed by atoms with Crippen molar-refractivity contribution >= 4 is 51.3 Å². The summed E-state index contributed by atoms with van der Waals surface area (Å²) < 4.78 is 10.0. The summed E-state index contributed by atoms with van der Waals surface area (Å²) in [4.78, 5) is 23.1. The third kappa shape index (κ3) is 2.28. The van der Waals surface area contributed by atoms with Crippen LogP contribution in [-0.2, 0) is 11.8 Å². The van der Waals surface area contributed by atoms with Crippen LogP contribution in [0.25, 0.3) is 22.2 Å². The first kappa shape index (κ1) is 15.1. The summed E-state index contributed by atoms with van der Waals surface area (Å²) in [5.74, 6) is 0.544. The van der Waals surface area contributed by atoms with Crippen molar-refractivity contribution in [3.63, 3.8) is 0 Å². The molecule has 3 aromatic heterocycles. The smallest absolute Gasteiger partial charge is 0.231 e. The molecule has 1 aliphatic heterocycles. The fourth-order valence-corrected chi connectivity index (χ4v) is 3.58. The van der Waals surface area contributed by atoms with Crippen molar-refractivity contribution in [1.82, 2.24) is 33.7 Å². The zero-order chi connectivity index (χ0) is 17.7. The quantitative estimate of drug-likeness (QED) is 0.566. The van der Waals surface area contributed by atoms with Crippen molar-refractivity contribution in [3.05, 3.63) is 24.5 Å². The molecule has 0 bridgehead atoms. The normalized spacial score (nSPS) is 14.7. The maximum Gasteiger partial charge on any atom is 0.231 e. The average molecular weight is 367 g/mol. The van der Waals surface area contributed by atoms with Gasteiger partial charge in [-0.3, -0.25) is 4.79 Å². The summed E-state index contributed by atoms with van der Waals surface area (Å²) in [5.41, 5.74) is 3.52. The van der Waals surface area contributed by atoms with Gasteiger partial charge in [0.25, 0.3) is 0 Å². The number of amides is 1.